The van der Waals surface area contributed by atoms with Crippen molar-refractivity contribution in [2.24, 2.45) is 0 Å². The molecule has 2 N–H and O–H groups in total. The second-order valence-corrected chi connectivity index (χ2v) is 5.00. The van der Waals surface area contributed by atoms with Crippen LogP contribution in [0.3, 0.4) is 0 Å². The van der Waals surface area contributed by atoms with Crippen molar-refractivity contribution in [1.29, 1.82) is 0 Å². The molecule has 1 aromatic heterocycles. The largest absolute Gasteiger partial charge is 0.493 e. The van der Waals surface area contributed by atoms with Gasteiger partial charge in [-0.15, -0.1) is 5.10 Å². The summed E-state index contributed by atoms with van der Waals surface area (Å²) in [4.78, 5) is 4.30. The highest BCUT2D eigenvalue weighted by Gasteiger charge is 2.07. The van der Waals surface area contributed by atoms with Crippen molar-refractivity contribution in [3.8, 4) is 11.5 Å². The number of anilines is 4. The molecule has 0 atom stereocenters. The lowest BCUT2D eigenvalue weighted by Gasteiger charge is -2.11. The minimum Gasteiger partial charge on any atom is -0.493 e. The van der Waals surface area contributed by atoms with Crippen LogP contribution in [-0.4, -0.2) is 29.4 Å². The van der Waals surface area contributed by atoms with E-state index >= 15 is 0 Å². The summed E-state index contributed by atoms with van der Waals surface area (Å²) in [5.41, 5.74) is 1.28. The van der Waals surface area contributed by atoms with Crippen LogP contribution in [0.25, 0.3) is 0 Å². The molecule has 25 heavy (non-hydrogen) atoms. The molecule has 0 radical (unpaired) electrons. The third kappa shape index (κ3) is 4.11. The fourth-order valence-corrected chi connectivity index (χ4v) is 2.17. The van der Waals surface area contributed by atoms with Crippen LogP contribution in [0, 0.1) is 5.82 Å². The van der Waals surface area contributed by atoms with Crippen LogP contribution in [0.4, 0.5) is 27.5 Å². The van der Waals surface area contributed by atoms with E-state index in [0.717, 1.165) is 0 Å². The number of nitrogens with one attached hydrogen (secondary N) is 2. The van der Waals surface area contributed by atoms with Gasteiger partial charge in [0.1, 0.15) is 5.82 Å². The standard InChI is InChI=1S/C17H16FN5O2/c1-24-14-7-6-13(9-15(14)25-2)21-17-22-16(10-19-23-17)20-12-5-3-4-11(18)8-12/h3-10H,1-2H3,(H2,20,21,22,23). The van der Waals surface area contributed by atoms with E-state index in [0.29, 0.717) is 28.7 Å². The first-order valence-corrected chi connectivity index (χ1v) is 7.39. The molecule has 128 valence electrons. The van der Waals surface area contributed by atoms with E-state index in [1.54, 1.807) is 44.6 Å². The van der Waals surface area contributed by atoms with E-state index in [1.165, 1.54) is 18.3 Å². The predicted molar refractivity (Wildman–Crippen MR) is 92.3 cm³/mol. The number of benzene rings is 2. The van der Waals surface area contributed by atoms with Gasteiger partial charge in [-0.2, -0.15) is 10.1 Å². The van der Waals surface area contributed by atoms with Crippen molar-refractivity contribution in [3.63, 3.8) is 0 Å². The molecule has 0 saturated carbocycles. The Bertz CT molecular complexity index is 875. The number of ether oxygens (including phenoxy) is 2. The molecule has 0 bridgehead atoms. The van der Waals surface area contributed by atoms with Crippen molar-refractivity contribution >= 4 is 23.1 Å². The minimum atomic E-state index is -0.337. The fraction of sp³-hybridized carbons (Fsp3) is 0.118. The quantitative estimate of drug-likeness (QED) is 0.710. The highest BCUT2D eigenvalue weighted by atomic mass is 19.1. The van der Waals surface area contributed by atoms with E-state index in [-0.39, 0.29) is 11.8 Å². The molecular weight excluding hydrogens is 325 g/mol. The van der Waals surface area contributed by atoms with Crippen LogP contribution in [0.5, 0.6) is 11.5 Å². The lowest BCUT2D eigenvalue weighted by molar-refractivity contribution is 0.355. The molecule has 3 rings (SSSR count). The SMILES string of the molecule is COc1ccc(Nc2nncc(Nc3cccc(F)c3)n2)cc1OC. The van der Waals surface area contributed by atoms with E-state index in [2.05, 4.69) is 25.8 Å². The van der Waals surface area contributed by atoms with Gasteiger partial charge >= 0.3 is 0 Å². The molecule has 1 heterocycles. The Morgan fingerprint density at radius 1 is 0.920 bits per heavy atom. The summed E-state index contributed by atoms with van der Waals surface area (Å²) in [6.45, 7) is 0. The first kappa shape index (κ1) is 16.4. The molecular formula is C17H16FN5O2. The number of halogens is 1. The minimum absolute atomic E-state index is 0.286. The van der Waals surface area contributed by atoms with E-state index in [9.17, 15) is 4.39 Å². The van der Waals surface area contributed by atoms with Gasteiger partial charge in [0.25, 0.3) is 0 Å². The van der Waals surface area contributed by atoms with Crippen molar-refractivity contribution in [2.75, 3.05) is 24.9 Å². The Balaban J connectivity index is 1.78. The Labute approximate surface area is 143 Å². The molecule has 0 aliphatic carbocycles. The van der Waals surface area contributed by atoms with Crippen molar-refractivity contribution in [2.45, 2.75) is 0 Å². The van der Waals surface area contributed by atoms with Crippen LogP contribution in [0.1, 0.15) is 0 Å². The van der Waals surface area contributed by atoms with Crippen LogP contribution in [0.2, 0.25) is 0 Å². The van der Waals surface area contributed by atoms with Crippen LogP contribution >= 0.6 is 0 Å². The molecule has 0 aliphatic heterocycles. The zero-order valence-electron chi connectivity index (χ0n) is 13.7. The van der Waals surface area contributed by atoms with E-state index < -0.39 is 0 Å². The number of hydrogen-bond donors (Lipinski definition) is 2. The Hall–Kier alpha value is -3.42. The van der Waals surface area contributed by atoms with Gasteiger partial charge in [-0.1, -0.05) is 6.07 Å². The number of hydrogen-bond acceptors (Lipinski definition) is 7. The number of nitrogens with zero attached hydrogens (tertiary/aromatic N) is 3. The summed E-state index contributed by atoms with van der Waals surface area (Å²) in [6, 6.07) is 11.4. The lowest BCUT2D eigenvalue weighted by atomic mass is 10.3. The predicted octanol–water partition coefficient (Wildman–Crippen LogP) is 3.52. The molecule has 2 aromatic carbocycles. The maximum atomic E-state index is 13.2. The zero-order chi connectivity index (χ0) is 17.6. The maximum Gasteiger partial charge on any atom is 0.249 e. The van der Waals surface area contributed by atoms with Gasteiger partial charge < -0.3 is 20.1 Å². The van der Waals surface area contributed by atoms with Gasteiger partial charge in [0, 0.05) is 17.4 Å². The Morgan fingerprint density at radius 2 is 1.72 bits per heavy atom. The normalized spacial score (nSPS) is 10.2. The average Bonchev–Trinajstić information content (AvgIpc) is 2.62. The monoisotopic (exact) mass is 341 g/mol. The summed E-state index contributed by atoms with van der Waals surface area (Å²) >= 11 is 0. The maximum absolute atomic E-state index is 13.2. The molecule has 3 aromatic rings. The number of methoxy groups -OCH3 is 2. The van der Waals surface area contributed by atoms with Crippen molar-refractivity contribution in [1.82, 2.24) is 15.2 Å². The molecule has 7 nitrogen and oxygen atoms in total. The second kappa shape index (κ2) is 7.43. The van der Waals surface area contributed by atoms with Crippen LogP contribution < -0.4 is 20.1 Å². The Kier molecular flexibility index (Phi) is 4.89. The van der Waals surface area contributed by atoms with Crippen molar-refractivity contribution in [3.05, 3.63) is 54.5 Å². The molecule has 0 spiro atoms. The molecule has 8 heteroatoms. The molecule has 0 unspecified atom stereocenters. The van der Waals surface area contributed by atoms with Crippen molar-refractivity contribution < 1.29 is 13.9 Å². The first-order chi connectivity index (χ1) is 12.2. The molecule has 0 fully saturated rings. The number of aromatic nitrogens is 3. The molecule has 0 aliphatic rings. The summed E-state index contributed by atoms with van der Waals surface area (Å²) in [5, 5.41) is 13.8. The summed E-state index contributed by atoms with van der Waals surface area (Å²) in [5.74, 6) is 1.58. The van der Waals surface area contributed by atoms with Gasteiger partial charge in [0.2, 0.25) is 5.95 Å². The number of rotatable bonds is 6. The first-order valence-electron chi connectivity index (χ1n) is 7.39. The highest BCUT2D eigenvalue weighted by molar-refractivity contribution is 5.61. The fourth-order valence-electron chi connectivity index (χ4n) is 2.17. The smallest absolute Gasteiger partial charge is 0.249 e. The lowest BCUT2D eigenvalue weighted by Crippen LogP contribution is -2.03. The Morgan fingerprint density at radius 3 is 2.48 bits per heavy atom. The third-order valence-electron chi connectivity index (χ3n) is 3.30. The van der Waals surface area contributed by atoms with Gasteiger partial charge in [-0.25, -0.2) is 4.39 Å². The molecule has 0 amide bonds. The topological polar surface area (TPSA) is 81.2 Å². The summed E-state index contributed by atoms with van der Waals surface area (Å²) < 4.78 is 23.7. The zero-order valence-corrected chi connectivity index (χ0v) is 13.7. The van der Waals surface area contributed by atoms with Gasteiger partial charge in [-0.05, 0) is 30.3 Å². The van der Waals surface area contributed by atoms with Crippen LogP contribution in [0.15, 0.2) is 48.7 Å². The van der Waals surface area contributed by atoms with Gasteiger partial charge in [0.15, 0.2) is 17.3 Å². The third-order valence-corrected chi connectivity index (χ3v) is 3.30. The highest BCUT2D eigenvalue weighted by Crippen LogP contribution is 2.30. The molecule has 0 saturated heterocycles. The summed E-state index contributed by atoms with van der Waals surface area (Å²) in [7, 11) is 3.13. The van der Waals surface area contributed by atoms with Gasteiger partial charge in [-0.3, -0.25) is 0 Å². The average molecular weight is 341 g/mol. The van der Waals surface area contributed by atoms with E-state index in [4.69, 9.17) is 9.47 Å². The summed E-state index contributed by atoms with van der Waals surface area (Å²) in [6.07, 6.45) is 1.45. The van der Waals surface area contributed by atoms with E-state index in [1.807, 2.05) is 0 Å². The van der Waals surface area contributed by atoms with Gasteiger partial charge in [0.05, 0.1) is 20.4 Å². The van der Waals surface area contributed by atoms with Crippen LogP contribution in [-0.2, 0) is 0 Å². The second-order valence-electron chi connectivity index (χ2n) is 5.00.